The zero-order valence-electron chi connectivity index (χ0n) is 11.5. The number of benzene rings is 1. The van der Waals surface area contributed by atoms with Gasteiger partial charge in [0, 0.05) is 17.7 Å². The summed E-state index contributed by atoms with van der Waals surface area (Å²) >= 11 is 0. The largest absolute Gasteiger partial charge is 0.496 e. The number of methoxy groups -OCH3 is 2. The molecule has 0 bridgehead atoms. The Morgan fingerprint density at radius 1 is 1.16 bits per heavy atom. The lowest BCUT2D eigenvalue weighted by Crippen LogP contribution is -2.07. The number of hydrogen-bond acceptors (Lipinski definition) is 4. The van der Waals surface area contributed by atoms with Crippen molar-refractivity contribution in [2.45, 2.75) is 26.2 Å². The molecule has 0 N–H and O–H groups in total. The van der Waals surface area contributed by atoms with Crippen LogP contribution in [-0.4, -0.2) is 14.2 Å². The topological polar surface area (TPSA) is 48.7 Å². The molecule has 1 aromatic heterocycles. The summed E-state index contributed by atoms with van der Waals surface area (Å²) in [6.07, 6.45) is 2.73. The van der Waals surface area contributed by atoms with Crippen molar-refractivity contribution >= 4 is 11.0 Å². The fourth-order valence-corrected chi connectivity index (χ4v) is 2.03. The van der Waals surface area contributed by atoms with Crippen LogP contribution in [0.25, 0.3) is 11.0 Å². The highest BCUT2D eigenvalue weighted by molar-refractivity contribution is 5.85. The molecule has 1 heterocycles. The summed E-state index contributed by atoms with van der Waals surface area (Å²) < 4.78 is 15.8. The third-order valence-electron chi connectivity index (χ3n) is 3.12. The molecule has 0 saturated heterocycles. The van der Waals surface area contributed by atoms with Crippen molar-refractivity contribution in [1.82, 2.24) is 0 Å². The normalized spacial score (nSPS) is 10.7. The number of ether oxygens (including phenoxy) is 2. The van der Waals surface area contributed by atoms with Crippen LogP contribution in [0.2, 0.25) is 0 Å². The van der Waals surface area contributed by atoms with Gasteiger partial charge in [-0.15, -0.1) is 0 Å². The molecule has 0 unspecified atom stereocenters. The summed E-state index contributed by atoms with van der Waals surface area (Å²) in [6.45, 7) is 2.09. The van der Waals surface area contributed by atoms with E-state index in [4.69, 9.17) is 13.9 Å². The van der Waals surface area contributed by atoms with Crippen LogP contribution in [0.1, 0.15) is 25.3 Å². The zero-order valence-corrected chi connectivity index (χ0v) is 11.5. The maximum atomic E-state index is 11.9. The van der Waals surface area contributed by atoms with Crippen LogP contribution in [-0.2, 0) is 6.42 Å². The second kappa shape index (κ2) is 5.78. The number of aryl methyl sites for hydroxylation is 1. The van der Waals surface area contributed by atoms with Crippen molar-refractivity contribution in [3.63, 3.8) is 0 Å². The molecular formula is C15H18O4. The van der Waals surface area contributed by atoms with Gasteiger partial charge in [0.05, 0.1) is 19.6 Å². The van der Waals surface area contributed by atoms with E-state index in [-0.39, 0.29) is 5.63 Å². The van der Waals surface area contributed by atoms with Crippen LogP contribution >= 0.6 is 0 Å². The molecule has 102 valence electrons. The van der Waals surface area contributed by atoms with Gasteiger partial charge in [-0.25, -0.2) is 4.79 Å². The highest BCUT2D eigenvalue weighted by Crippen LogP contribution is 2.30. The third kappa shape index (κ3) is 2.72. The second-order valence-corrected chi connectivity index (χ2v) is 4.40. The number of unbranched alkanes of at least 4 members (excludes halogenated alkanes) is 1. The minimum atomic E-state index is -0.281. The lowest BCUT2D eigenvalue weighted by atomic mass is 10.1. The van der Waals surface area contributed by atoms with Crippen molar-refractivity contribution < 1.29 is 13.9 Å². The molecule has 0 spiro atoms. The van der Waals surface area contributed by atoms with E-state index in [9.17, 15) is 4.79 Å². The van der Waals surface area contributed by atoms with Crippen molar-refractivity contribution in [2.75, 3.05) is 14.2 Å². The first-order valence-electron chi connectivity index (χ1n) is 6.38. The fraction of sp³-hybridized carbons (Fsp3) is 0.400. The van der Waals surface area contributed by atoms with E-state index in [2.05, 4.69) is 6.92 Å². The SMILES string of the molecule is CCCCc1cc2c(OC)cc(OC)cc2oc1=O. The van der Waals surface area contributed by atoms with E-state index in [1.807, 2.05) is 6.07 Å². The molecule has 0 fully saturated rings. The quantitative estimate of drug-likeness (QED) is 0.777. The van der Waals surface area contributed by atoms with Crippen LogP contribution in [0, 0.1) is 0 Å². The van der Waals surface area contributed by atoms with Crippen molar-refractivity contribution in [3.05, 3.63) is 34.2 Å². The van der Waals surface area contributed by atoms with Crippen LogP contribution in [0.4, 0.5) is 0 Å². The van der Waals surface area contributed by atoms with Gasteiger partial charge in [-0.3, -0.25) is 0 Å². The Bertz CT molecular complexity index is 628. The van der Waals surface area contributed by atoms with Gasteiger partial charge in [-0.1, -0.05) is 13.3 Å². The maximum absolute atomic E-state index is 11.9. The molecule has 2 rings (SSSR count). The van der Waals surface area contributed by atoms with Crippen LogP contribution in [0.15, 0.2) is 27.4 Å². The molecule has 4 nitrogen and oxygen atoms in total. The first kappa shape index (κ1) is 13.5. The predicted octanol–water partition coefficient (Wildman–Crippen LogP) is 3.15. The minimum absolute atomic E-state index is 0.281. The Labute approximate surface area is 111 Å². The lowest BCUT2D eigenvalue weighted by Gasteiger charge is -2.08. The predicted molar refractivity (Wildman–Crippen MR) is 74.2 cm³/mol. The standard InChI is InChI=1S/C15H18O4/c1-4-5-6-10-7-12-13(18-3)8-11(17-2)9-14(12)19-15(10)16/h7-9H,4-6H2,1-3H3. The van der Waals surface area contributed by atoms with Gasteiger partial charge in [0.25, 0.3) is 0 Å². The lowest BCUT2D eigenvalue weighted by molar-refractivity contribution is 0.395. The van der Waals surface area contributed by atoms with E-state index in [0.717, 1.165) is 24.6 Å². The number of hydrogen-bond donors (Lipinski definition) is 0. The van der Waals surface area contributed by atoms with Crippen molar-refractivity contribution in [2.24, 2.45) is 0 Å². The van der Waals surface area contributed by atoms with E-state index < -0.39 is 0 Å². The molecule has 0 aliphatic heterocycles. The van der Waals surface area contributed by atoms with Gasteiger partial charge in [-0.05, 0) is 18.9 Å². The molecule has 0 radical (unpaired) electrons. The monoisotopic (exact) mass is 262 g/mol. The Morgan fingerprint density at radius 3 is 2.58 bits per heavy atom. The van der Waals surface area contributed by atoms with E-state index in [1.165, 1.54) is 0 Å². The Hall–Kier alpha value is -1.97. The molecule has 19 heavy (non-hydrogen) atoms. The summed E-state index contributed by atoms with van der Waals surface area (Å²) in [5.41, 5.74) is 0.899. The highest BCUT2D eigenvalue weighted by Gasteiger charge is 2.11. The fourth-order valence-electron chi connectivity index (χ4n) is 2.03. The van der Waals surface area contributed by atoms with Crippen molar-refractivity contribution in [3.8, 4) is 11.5 Å². The molecular weight excluding hydrogens is 244 g/mol. The van der Waals surface area contributed by atoms with Gasteiger partial charge in [-0.2, -0.15) is 0 Å². The Balaban J connectivity index is 2.60. The molecule has 0 aliphatic rings. The van der Waals surface area contributed by atoms with Crippen LogP contribution in [0.5, 0.6) is 11.5 Å². The van der Waals surface area contributed by atoms with Gasteiger partial charge in [0.1, 0.15) is 17.1 Å². The van der Waals surface area contributed by atoms with Gasteiger partial charge in [0.15, 0.2) is 0 Å². The van der Waals surface area contributed by atoms with Crippen LogP contribution in [0.3, 0.4) is 0 Å². The summed E-state index contributed by atoms with van der Waals surface area (Å²) in [4.78, 5) is 11.9. The third-order valence-corrected chi connectivity index (χ3v) is 3.12. The number of rotatable bonds is 5. The molecule has 4 heteroatoms. The average Bonchev–Trinajstić information content (AvgIpc) is 2.43. The van der Waals surface area contributed by atoms with Crippen LogP contribution < -0.4 is 15.1 Å². The summed E-state index contributed by atoms with van der Waals surface area (Å²) in [5, 5.41) is 0.800. The van der Waals surface area contributed by atoms with E-state index in [1.54, 1.807) is 26.4 Å². The summed E-state index contributed by atoms with van der Waals surface area (Å²) in [7, 11) is 3.15. The molecule has 1 aromatic carbocycles. The molecule has 2 aromatic rings. The first-order valence-corrected chi connectivity index (χ1v) is 6.38. The smallest absolute Gasteiger partial charge is 0.339 e. The van der Waals surface area contributed by atoms with Gasteiger partial charge >= 0.3 is 5.63 Å². The molecule has 0 amide bonds. The molecule has 0 atom stereocenters. The van der Waals surface area contributed by atoms with E-state index >= 15 is 0 Å². The van der Waals surface area contributed by atoms with Gasteiger partial charge in [0.2, 0.25) is 0 Å². The summed E-state index contributed by atoms with van der Waals surface area (Å²) in [6, 6.07) is 5.34. The molecule has 0 saturated carbocycles. The van der Waals surface area contributed by atoms with Crippen molar-refractivity contribution in [1.29, 1.82) is 0 Å². The average molecular weight is 262 g/mol. The zero-order chi connectivity index (χ0) is 13.8. The Morgan fingerprint density at radius 2 is 1.95 bits per heavy atom. The number of fused-ring (bicyclic) bond motifs is 1. The summed E-state index contributed by atoms with van der Waals surface area (Å²) in [5.74, 6) is 1.25. The maximum Gasteiger partial charge on any atom is 0.339 e. The van der Waals surface area contributed by atoms with Gasteiger partial charge < -0.3 is 13.9 Å². The minimum Gasteiger partial charge on any atom is -0.496 e. The molecule has 0 aliphatic carbocycles. The Kier molecular flexibility index (Phi) is 4.10. The second-order valence-electron chi connectivity index (χ2n) is 4.40. The first-order chi connectivity index (χ1) is 9.19. The highest BCUT2D eigenvalue weighted by atomic mass is 16.5. The van der Waals surface area contributed by atoms with E-state index in [0.29, 0.717) is 22.6 Å².